The summed E-state index contributed by atoms with van der Waals surface area (Å²) in [6, 6.07) is 35.9. The second kappa shape index (κ2) is 14.5. The van der Waals surface area contributed by atoms with Crippen LogP contribution in [-0.4, -0.2) is 23.4 Å². The van der Waals surface area contributed by atoms with Crippen LogP contribution in [0.2, 0.25) is 0 Å². The first kappa shape index (κ1) is 31.8. The molecule has 6 rings (SSSR count). The third-order valence-electron chi connectivity index (χ3n) is 7.65. The molecule has 5 aromatic rings. The number of hydrogen-bond donors (Lipinski definition) is 1. The number of rotatable bonds is 9. The largest absolute Gasteiger partial charge is 0.477 e. The maximum atomic E-state index is 14.1. The first-order valence-electron chi connectivity index (χ1n) is 15.1. The molecule has 0 saturated carbocycles. The summed E-state index contributed by atoms with van der Waals surface area (Å²) >= 11 is 0. The highest BCUT2D eigenvalue weighted by Crippen LogP contribution is 2.32. The standard InChI is InChI=1S/C40H27BF3NO3/c42-33-18-12-30(13-19-33)39(41(31-14-20-34(43)21-15-31)32-16-22-35(44)23-17-32)45-36(40(46)47)24-11-27-25-37(28-7-3-1-4-8-28)48-38(26-27)29-9-5-2-6-10-29/h1-26H,(H,46,47). The van der Waals surface area contributed by atoms with Crippen molar-refractivity contribution in [3.05, 3.63) is 203 Å². The molecule has 1 heterocycles. The Kier molecular flexibility index (Phi) is 9.63. The van der Waals surface area contributed by atoms with E-state index in [0.717, 1.165) is 11.1 Å². The van der Waals surface area contributed by atoms with Crippen LogP contribution in [0.1, 0.15) is 16.7 Å². The number of ether oxygens (including phenoxy) is 1. The maximum absolute atomic E-state index is 14.1. The molecule has 0 saturated heterocycles. The van der Waals surface area contributed by atoms with Gasteiger partial charge in [0.1, 0.15) is 34.7 Å². The molecule has 1 N–H and O–H groups in total. The van der Waals surface area contributed by atoms with Gasteiger partial charge in [-0.2, -0.15) is 0 Å². The van der Waals surface area contributed by atoms with Crippen molar-refractivity contribution in [3.8, 4) is 0 Å². The number of aliphatic imine (C=N–C) groups is 1. The van der Waals surface area contributed by atoms with E-state index in [0.29, 0.717) is 33.6 Å². The van der Waals surface area contributed by atoms with Crippen LogP contribution < -0.4 is 10.9 Å². The minimum Gasteiger partial charge on any atom is -0.477 e. The molecule has 234 valence electrons. The zero-order valence-corrected chi connectivity index (χ0v) is 25.4. The van der Waals surface area contributed by atoms with Crippen LogP contribution in [0.4, 0.5) is 13.2 Å². The average Bonchev–Trinajstić information content (AvgIpc) is 3.12. The molecule has 0 bridgehead atoms. The summed E-state index contributed by atoms with van der Waals surface area (Å²) < 4.78 is 48.3. The van der Waals surface area contributed by atoms with E-state index in [4.69, 9.17) is 4.74 Å². The van der Waals surface area contributed by atoms with Crippen molar-refractivity contribution in [1.29, 1.82) is 0 Å². The molecule has 48 heavy (non-hydrogen) atoms. The number of halogens is 3. The number of carbonyl (C=O) groups is 1. The van der Waals surface area contributed by atoms with Gasteiger partial charge in [-0.1, -0.05) is 114 Å². The Bertz CT molecular complexity index is 1970. The fourth-order valence-corrected chi connectivity index (χ4v) is 5.30. The van der Waals surface area contributed by atoms with Gasteiger partial charge in [0.2, 0.25) is 0 Å². The van der Waals surface area contributed by atoms with Gasteiger partial charge < -0.3 is 9.84 Å². The van der Waals surface area contributed by atoms with E-state index >= 15 is 0 Å². The molecular weight excluding hydrogens is 610 g/mol. The van der Waals surface area contributed by atoms with E-state index in [1.54, 1.807) is 30.3 Å². The van der Waals surface area contributed by atoms with E-state index in [1.165, 1.54) is 54.6 Å². The molecule has 0 unspecified atom stereocenters. The topological polar surface area (TPSA) is 58.9 Å². The van der Waals surface area contributed by atoms with E-state index in [1.807, 2.05) is 72.8 Å². The molecular formula is C40H27BF3NO3. The lowest BCUT2D eigenvalue weighted by Crippen LogP contribution is -2.50. The average molecular weight is 637 g/mol. The van der Waals surface area contributed by atoms with Gasteiger partial charge in [0.05, 0.1) is 0 Å². The Morgan fingerprint density at radius 1 is 0.625 bits per heavy atom. The van der Waals surface area contributed by atoms with Gasteiger partial charge in [0, 0.05) is 16.7 Å². The fourth-order valence-electron chi connectivity index (χ4n) is 5.30. The second-order valence-electron chi connectivity index (χ2n) is 10.9. The van der Waals surface area contributed by atoms with Crippen LogP contribution in [0.5, 0.6) is 0 Å². The Morgan fingerprint density at radius 3 is 1.50 bits per heavy atom. The summed E-state index contributed by atoms with van der Waals surface area (Å²) in [5.41, 5.74) is 3.84. The monoisotopic (exact) mass is 637 g/mol. The molecule has 0 aromatic heterocycles. The minimum atomic E-state index is -1.31. The van der Waals surface area contributed by atoms with Crippen LogP contribution in [0.15, 0.2) is 174 Å². The summed E-state index contributed by atoms with van der Waals surface area (Å²) in [6.07, 6.45) is 6.63. The van der Waals surface area contributed by atoms with Crippen LogP contribution in [0, 0.1) is 17.5 Å². The lowest BCUT2D eigenvalue weighted by atomic mass is 9.36. The highest BCUT2D eigenvalue weighted by molar-refractivity contribution is 7.10. The van der Waals surface area contributed by atoms with E-state index in [2.05, 4.69) is 4.99 Å². The number of aliphatic carboxylic acids is 1. The zero-order valence-electron chi connectivity index (χ0n) is 25.4. The molecule has 8 heteroatoms. The van der Waals surface area contributed by atoms with Crippen molar-refractivity contribution in [1.82, 2.24) is 0 Å². The summed E-state index contributed by atoms with van der Waals surface area (Å²) in [5, 5.41) is 10.4. The van der Waals surface area contributed by atoms with Crippen molar-refractivity contribution in [3.63, 3.8) is 0 Å². The quantitative estimate of drug-likeness (QED) is 0.102. The van der Waals surface area contributed by atoms with Gasteiger partial charge in [-0.05, 0) is 65.8 Å². The summed E-state index contributed by atoms with van der Waals surface area (Å²) in [5.74, 6) is -1.56. The van der Waals surface area contributed by atoms with Crippen molar-refractivity contribution in [2.75, 3.05) is 0 Å². The molecule has 0 fully saturated rings. The van der Waals surface area contributed by atoms with E-state index in [9.17, 15) is 23.1 Å². The molecule has 0 aliphatic carbocycles. The Morgan fingerprint density at radius 2 is 1.06 bits per heavy atom. The molecule has 0 amide bonds. The number of hydrogen-bond acceptors (Lipinski definition) is 3. The lowest BCUT2D eigenvalue weighted by molar-refractivity contribution is -0.132. The second-order valence-corrected chi connectivity index (χ2v) is 10.9. The summed E-state index contributed by atoms with van der Waals surface area (Å²) in [6.45, 7) is -0.760. The third-order valence-corrected chi connectivity index (χ3v) is 7.65. The Balaban J connectivity index is 1.52. The zero-order chi connectivity index (χ0) is 33.5. The van der Waals surface area contributed by atoms with Crippen molar-refractivity contribution in [2.24, 2.45) is 4.99 Å². The minimum absolute atomic E-state index is 0.244. The normalized spacial score (nSPS) is 13.3. The summed E-state index contributed by atoms with van der Waals surface area (Å²) in [7, 11) is 0. The molecule has 0 spiro atoms. The number of carboxylic acids is 1. The summed E-state index contributed by atoms with van der Waals surface area (Å²) in [4.78, 5) is 17.4. The first-order valence-corrected chi connectivity index (χ1v) is 15.1. The number of nitrogens with zero attached hydrogens (tertiary/aromatic N) is 1. The van der Waals surface area contributed by atoms with E-state index < -0.39 is 30.1 Å². The number of carboxylic acid groups (broad SMARTS) is 1. The highest BCUT2D eigenvalue weighted by Gasteiger charge is 2.28. The SMILES string of the molecule is O=C(O)C(=CC=C1C=C(c2ccccc2)OC(c2ccccc2)=C1)N=C(B(c1ccc(F)cc1)c1ccc(F)cc1)c1ccc(F)cc1. The van der Waals surface area contributed by atoms with Gasteiger partial charge in [-0.15, -0.1) is 0 Å². The highest BCUT2D eigenvalue weighted by atomic mass is 19.1. The van der Waals surface area contributed by atoms with Gasteiger partial charge in [-0.25, -0.2) is 18.0 Å². The van der Waals surface area contributed by atoms with Crippen molar-refractivity contribution >= 4 is 40.7 Å². The first-order chi connectivity index (χ1) is 23.3. The lowest BCUT2D eigenvalue weighted by Gasteiger charge is -2.19. The van der Waals surface area contributed by atoms with Crippen molar-refractivity contribution < 1.29 is 27.8 Å². The molecule has 5 aromatic carbocycles. The predicted octanol–water partition coefficient (Wildman–Crippen LogP) is 7.75. The van der Waals surface area contributed by atoms with E-state index in [-0.39, 0.29) is 11.3 Å². The van der Waals surface area contributed by atoms with Gasteiger partial charge >= 0.3 is 5.97 Å². The Hall–Kier alpha value is -6.15. The Labute approximate surface area is 276 Å². The smallest absolute Gasteiger partial charge is 0.354 e. The number of allylic oxidation sites excluding steroid dienone is 5. The molecule has 1 aliphatic heterocycles. The molecule has 4 nitrogen and oxygen atoms in total. The van der Waals surface area contributed by atoms with Gasteiger partial charge in [0.15, 0.2) is 0 Å². The van der Waals surface area contributed by atoms with Crippen LogP contribution >= 0.6 is 0 Å². The third kappa shape index (κ3) is 7.62. The van der Waals surface area contributed by atoms with Crippen LogP contribution in [-0.2, 0) is 9.53 Å². The van der Waals surface area contributed by atoms with Crippen LogP contribution in [0.25, 0.3) is 11.5 Å². The molecule has 0 radical (unpaired) electrons. The van der Waals surface area contributed by atoms with Crippen molar-refractivity contribution in [2.45, 2.75) is 0 Å². The predicted molar refractivity (Wildman–Crippen MR) is 184 cm³/mol. The van der Waals surface area contributed by atoms with Crippen LogP contribution in [0.3, 0.4) is 0 Å². The fraction of sp³-hybridized carbons (Fsp3) is 0. The maximum Gasteiger partial charge on any atom is 0.354 e. The molecule has 1 aliphatic rings. The van der Waals surface area contributed by atoms with Gasteiger partial charge in [-0.3, -0.25) is 4.99 Å². The molecule has 0 atom stereocenters. The van der Waals surface area contributed by atoms with Gasteiger partial charge in [0.25, 0.3) is 6.71 Å². The number of benzene rings is 5.